The number of aromatic nitrogens is 1. The molecule has 0 spiro atoms. The van der Waals surface area contributed by atoms with Gasteiger partial charge in [0, 0.05) is 23.5 Å². The van der Waals surface area contributed by atoms with Crippen LogP contribution in [0.1, 0.15) is 47.6 Å². The van der Waals surface area contributed by atoms with Crippen molar-refractivity contribution in [2.45, 2.75) is 46.2 Å². The normalized spacial score (nSPS) is 18.3. The minimum atomic E-state index is -1.26. The van der Waals surface area contributed by atoms with Crippen molar-refractivity contribution in [2.75, 3.05) is 13.2 Å². The molecular weight excluding hydrogens is 398 g/mol. The predicted octanol–water partition coefficient (Wildman–Crippen LogP) is 2.71. The fraction of sp³-hybridized carbons (Fsp3) is 0.391. The second-order valence-corrected chi connectivity index (χ2v) is 7.83. The molecule has 1 saturated heterocycles. The van der Waals surface area contributed by atoms with E-state index in [-0.39, 0.29) is 5.78 Å². The van der Waals surface area contributed by atoms with Gasteiger partial charge in [-0.3, -0.25) is 19.3 Å². The van der Waals surface area contributed by atoms with Crippen LogP contribution in [0.25, 0.3) is 0 Å². The molecule has 1 aromatic heterocycles. The van der Waals surface area contributed by atoms with Crippen molar-refractivity contribution in [1.82, 2.24) is 14.8 Å². The van der Waals surface area contributed by atoms with Crippen molar-refractivity contribution >= 4 is 23.7 Å². The number of benzene rings is 1. The maximum Gasteiger partial charge on any atom is 0.326 e. The van der Waals surface area contributed by atoms with Gasteiger partial charge in [0.25, 0.3) is 5.91 Å². The summed E-state index contributed by atoms with van der Waals surface area (Å²) in [5.41, 5.74) is 1.65. The molecule has 31 heavy (non-hydrogen) atoms. The Labute approximate surface area is 181 Å². The second-order valence-electron chi connectivity index (χ2n) is 7.83. The number of esters is 1. The van der Waals surface area contributed by atoms with Crippen molar-refractivity contribution in [3.8, 4) is 0 Å². The molecule has 1 aromatic carbocycles. The van der Waals surface area contributed by atoms with Gasteiger partial charge >= 0.3 is 12.0 Å². The highest BCUT2D eigenvalue weighted by Gasteiger charge is 2.49. The molecule has 0 bridgehead atoms. The SMILES string of the molecule is CCCn1c(C)cc(C(=O)COC(=O)CN2C(=O)N[C@@](C)(c3ccccc3)C2=O)c1C. The number of aryl methyl sites for hydroxylation is 1. The molecule has 0 saturated carbocycles. The number of ether oxygens (including phenoxy) is 1. The van der Waals surface area contributed by atoms with Crippen LogP contribution in [0.15, 0.2) is 36.4 Å². The molecule has 3 amide bonds. The smallest absolute Gasteiger partial charge is 0.326 e. The fourth-order valence-electron chi connectivity index (χ4n) is 3.86. The number of carbonyl (C=O) groups excluding carboxylic acids is 4. The number of urea groups is 1. The van der Waals surface area contributed by atoms with Gasteiger partial charge in [-0.05, 0) is 38.8 Å². The Balaban J connectivity index is 1.62. The lowest BCUT2D eigenvalue weighted by atomic mass is 9.92. The maximum absolute atomic E-state index is 12.8. The third kappa shape index (κ3) is 4.23. The van der Waals surface area contributed by atoms with E-state index < -0.39 is 36.6 Å². The van der Waals surface area contributed by atoms with Crippen molar-refractivity contribution in [3.05, 3.63) is 58.9 Å². The molecule has 1 aliphatic rings. The lowest BCUT2D eigenvalue weighted by Crippen LogP contribution is -2.41. The van der Waals surface area contributed by atoms with Gasteiger partial charge in [-0.15, -0.1) is 0 Å². The van der Waals surface area contributed by atoms with Gasteiger partial charge in [-0.1, -0.05) is 37.3 Å². The van der Waals surface area contributed by atoms with E-state index in [1.165, 1.54) is 0 Å². The zero-order valence-electron chi connectivity index (χ0n) is 18.2. The number of carbonyl (C=O) groups is 4. The van der Waals surface area contributed by atoms with E-state index in [2.05, 4.69) is 12.2 Å². The second kappa shape index (κ2) is 8.75. The number of rotatable bonds is 8. The average Bonchev–Trinajstić information content (AvgIpc) is 3.15. The first-order valence-electron chi connectivity index (χ1n) is 10.2. The number of Topliss-reactive ketones (excluding diaryl/α,β-unsaturated/α-hetero) is 1. The van der Waals surface area contributed by atoms with Crippen LogP contribution in [0.2, 0.25) is 0 Å². The summed E-state index contributed by atoms with van der Waals surface area (Å²) in [6.07, 6.45) is 0.937. The van der Waals surface area contributed by atoms with E-state index in [0.717, 1.165) is 29.3 Å². The molecule has 1 atom stereocenters. The fourth-order valence-corrected chi connectivity index (χ4v) is 3.86. The van der Waals surface area contributed by atoms with Crippen LogP contribution in [0, 0.1) is 13.8 Å². The van der Waals surface area contributed by atoms with Gasteiger partial charge in [0.05, 0.1) is 0 Å². The van der Waals surface area contributed by atoms with Crippen molar-refractivity contribution in [2.24, 2.45) is 0 Å². The highest BCUT2D eigenvalue weighted by Crippen LogP contribution is 2.28. The Morgan fingerprint density at radius 2 is 1.81 bits per heavy atom. The summed E-state index contributed by atoms with van der Waals surface area (Å²) in [6.45, 7) is 7.22. The Morgan fingerprint density at radius 3 is 2.45 bits per heavy atom. The average molecular weight is 425 g/mol. The van der Waals surface area contributed by atoms with Crippen molar-refractivity contribution < 1.29 is 23.9 Å². The summed E-state index contributed by atoms with van der Waals surface area (Å²) in [7, 11) is 0. The largest absolute Gasteiger partial charge is 0.456 e. The van der Waals surface area contributed by atoms with Crippen molar-refractivity contribution in [3.63, 3.8) is 0 Å². The molecule has 1 fully saturated rings. The van der Waals surface area contributed by atoms with Crippen LogP contribution in [0.5, 0.6) is 0 Å². The Kier molecular flexibility index (Phi) is 6.29. The molecule has 3 rings (SSSR count). The van der Waals surface area contributed by atoms with Gasteiger partial charge in [0.2, 0.25) is 5.78 Å². The first-order valence-corrected chi connectivity index (χ1v) is 10.2. The number of ketones is 1. The third-order valence-corrected chi connectivity index (χ3v) is 5.60. The van der Waals surface area contributed by atoms with E-state index in [9.17, 15) is 19.2 Å². The van der Waals surface area contributed by atoms with E-state index in [4.69, 9.17) is 4.74 Å². The zero-order chi connectivity index (χ0) is 22.8. The number of hydrogen-bond acceptors (Lipinski definition) is 5. The molecular formula is C23H27N3O5. The first kappa shape index (κ1) is 22.3. The lowest BCUT2D eigenvalue weighted by molar-refractivity contribution is -0.146. The number of amides is 3. The number of imide groups is 1. The van der Waals surface area contributed by atoms with Crippen LogP contribution in [-0.2, 0) is 26.4 Å². The predicted molar refractivity (Wildman–Crippen MR) is 114 cm³/mol. The number of hydrogen-bond donors (Lipinski definition) is 1. The Hall–Kier alpha value is -3.42. The van der Waals surface area contributed by atoms with Crippen LogP contribution >= 0.6 is 0 Å². The summed E-state index contributed by atoms with van der Waals surface area (Å²) in [5.74, 6) is -1.69. The Bertz CT molecular complexity index is 1030. The van der Waals surface area contributed by atoms with Gasteiger partial charge in [0.1, 0.15) is 12.1 Å². The van der Waals surface area contributed by atoms with Gasteiger partial charge < -0.3 is 14.6 Å². The van der Waals surface area contributed by atoms with Crippen LogP contribution < -0.4 is 5.32 Å². The van der Waals surface area contributed by atoms with Gasteiger partial charge in [0.15, 0.2) is 6.61 Å². The van der Waals surface area contributed by atoms with Crippen molar-refractivity contribution in [1.29, 1.82) is 0 Å². The first-order chi connectivity index (χ1) is 14.7. The van der Waals surface area contributed by atoms with Crippen LogP contribution in [0.3, 0.4) is 0 Å². The highest BCUT2D eigenvalue weighted by molar-refractivity contribution is 6.09. The number of nitrogens with one attached hydrogen (secondary N) is 1. The van der Waals surface area contributed by atoms with Gasteiger partial charge in [-0.2, -0.15) is 0 Å². The van der Waals surface area contributed by atoms with E-state index in [1.807, 2.05) is 18.4 Å². The molecule has 1 aliphatic heterocycles. The summed E-state index contributed by atoms with van der Waals surface area (Å²) in [6, 6.07) is 9.90. The molecule has 8 heteroatoms. The van der Waals surface area contributed by atoms with E-state index in [0.29, 0.717) is 11.1 Å². The topological polar surface area (TPSA) is 97.7 Å². The summed E-state index contributed by atoms with van der Waals surface area (Å²) < 4.78 is 7.13. The lowest BCUT2D eigenvalue weighted by Gasteiger charge is -2.21. The monoisotopic (exact) mass is 425 g/mol. The summed E-state index contributed by atoms with van der Waals surface area (Å²) in [5, 5.41) is 2.63. The van der Waals surface area contributed by atoms with Crippen LogP contribution in [0.4, 0.5) is 4.79 Å². The van der Waals surface area contributed by atoms with E-state index in [1.54, 1.807) is 43.3 Å². The Morgan fingerprint density at radius 1 is 1.13 bits per heavy atom. The minimum absolute atomic E-state index is 0.324. The molecule has 0 unspecified atom stereocenters. The summed E-state index contributed by atoms with van der Waals surface area (Å²) in [4.78, 5) is 50.8. The standard InChI is InChI=1S/C23H27N3O5/c1-5-11-25-15(2)12-18(16(25)3)19(27)14-31-20(28)13-26-21(29)23(4,24-22(26)30)17-9-7-6-8-10-17/h6-10,12H,5,11,13-14H2,1-4H3,(H,24,30)/t23-/m0/s1. The quantitative estimate of drug-likeness (QED) is 0.398. The highest BCUT2D eigenvalue weighted by atomic mass is 16.5. The van der Waals surface area contributed by atoms with E-state index >= 15 is 0 Å². The zero-order valence-corrected chi connectivity index (χ0v) is 18.2. The summed E-state index contributed by atoms with van der Waals surface area (Å²) >= 11 is 0. The molecule has 0 radical (unpaired) electrons. The third-order valence-electron chi connectivity index (χ3n) is 5.60. The molecule has 1 N–H and O–H groups in total. The molecule has 2 aromatic rings. The maximum atomic E-state index is 12.8. The van der Waals surface area contributed by atoms with Gasteiger partial charge in [-0.25, -0.2) is 4.79 Å². The minimum Gasteiger partial charge on any atom is -0.456 e. The van der Waals surface area contributed by atoms with Crippen LogP contribution in [-0.4, -0.2) is 46.3 Å². The molecule has 2 heterocycles. The molecule has 164 valence electrons. The number of nitrogens with zero attached hydrogens (tertiary/aromatic N) is 2. The molecule has 0 aliphatic carbocycles. The molecule has 8 nitrogen and oxygen atoms in total.